The zero-order valence-electron chi connectivity index (χ0n) is 14.5. The number of aromatic nitrogens is 3. The number of nitrogens with zero attached hydrogens (tertiary/aromatic N) is 3. The van der Waals surface area contributed by atoms with Gasteiger partial charge in [-0.25, -0.2) is 14.3 Å². The van der Waals surface area contributed by atoms with Crippen LogP contribution in [0.15, 0.2) is 35.1 Å². The highest BCUT2D eigenvalue weighted by Crippen LogP contribution is 2.32. The summed E-state index contributed by atoms with van der Waals surface area (Å²) in [7, 11) is 0. The summed E-state index contributed by atoms with van der Waals surface area (Å²) in [6.45, 7) is 6.87. The van der Waals surface area contributed by atoms with Crippen LogP contribution in [0.4, 0.5) is 5.82 Å². The number of hydrogen-bond acceptors (Lipinski definition) is 5. The van der Waals surface area contributed by atoms with Crippen molar-refractivity contribution < 1.29 is 4.74 Å². The molecule has 128 valence electrons. The summed E-state index contributed by atoms with van der Waals surface area (Å²) in [4.78, 5) is 21.5. The Bertz CT molecular complexity index is 1050. The number of benzene rings is 1. The molecular formula is C19H20N4O2. The van der Waals surface area contributed by atoms with E-state index in [0.717, 1.165) is 29.1 Å². The minimum atomic E-state index is -0.427. The second kappa shape index (κ2) is 5.31. The van der Waals surface area contributed by atoms with E-state index in [2.05, 4.69) is 25.8 Å². The summed E-state index contributed by atoms with van der Waals surface area (Å²) in [5.74, 6) is 1.01. The van der Waals surface area contributed by atoms with Crippen molar-refractivity contribution in [2.45, 2.75) is 32.6 Å². The molecule has 1 aromatic carbocycles. The van der Waals surface area contributed by atoms with E-state index in [0.29, 0.717) is 17.6 Å². The summed E-state index contributed by atoms with van der Waals surface area (Å²) >= 11 is 0. The predicted molar refractivity (Wildman–Crippen MR) is 97.4 cm³/mol. The van der Waals surface area contributed by atoms with Crippen molar-refractivity contribution >= 4 is 16.9 Å². The Labute approximate surface area is 145 Å². The van der Waals surface area contributed by atoms with E-state index in [1.54, 1.807) is 4.57 Å². The second-order valence-corrected chi connectivity index (χ2v) is 7.28. The van der Waals surface area contributed by atoms with E-state index >= 15 is 0 Å². The third-order valence-electron chi connectivity index (χ3n) is 4.50. The topological polar surface area (TPSA) is 83.0 Å². The van der Waals surface area contributed by atoms with E-state index in [1.165, 1.54) is 0 Å². The van der Waals surface area contributed by atoms with Gasteiger partial charge in [0, 0.05) is 23.1 Å². The number of pyridine rings is 1. The van der Waals surface area contributed by atoms with Gasteiger partial charge in [0.1, 0.15) is 11.6 Å². The van der Waals surface area contributed by atoms with Crippen molar-refractivity contribution in [3.8, 4) is 11.4 Å². The van der Waals surface area contributed by atoms with E-state index < -0.39 is 5.69 Å². The number of ether oxygens (including phenoxy) is 1. The van der Waals surface area contributed by atoms with Gasteiger partial charge in [-0.1, -0.05) is 26.8 Å². The molecule has 0 amide bonds. The first kappa shape index (κ1) is 15.6. The van der Waals surface area contributed by atoms with Gasteiger partial charge in [0.25, 0.3) is 0 Å². The molecular weight excluding hydrogens is 316 g/mol. The molecule has 2 N–H and O–H groups in total. The van der Waals surface area contributed by atoms with Gasteiger partial charge in [-0.3, -0.25) is 0 Å². The summed E-state index contributed by atoms with van der Waals surface area (Å²) in [5, 5.41) is 0.670. The van der Waals surface area contributed by atoms with Gasteiger partial charge in [-0.15, -0.1) is 0 Å². The fraction of sp³-hybridized carbons (Fsp3) is 0.316. The molecule has 0 bridgehead atoms. The van der Waals surface area contributed by atoms with Crippen molar-refractivity contribution in [3.63, 3.8) is 0 Å². The lowest BCUT2D eigenvalue weighted by Crippen LogP contribution is -2.25. The highest BCUT2D eigenvalue weighted by molar-refractivity contribution is 5.86. The number of nitrogens with two attached hydrogens (primary N) is 1. The summed E-state index contributed by atoms with van der Waals surface area (Å²) < 4.78 is 7.18. The quantitative estimate of drug-likeness (QED) is 0.738. The number of fused-ring (bicyclic) bond motifs is 2. The molecule has 0 unspecified atom stereocenters. The molecule has 0 aliphatic carbocycles. The van der Waals surface area contributed by atoms with Crippen molar-refractivity contribution in [3.05, 3.63) is 52.1 Å². The monoisotopic (exact) mass is 336 g/mol. The largest absolute Gasteiger partial charge is 0.493 e. The molecule has 0 saturated heterocycles. The van der Waals surface area contributed by atoms with Crippen LogP contribution < -0.4 is 16.2 Å². The molecule has 0 spiro atoms. The first-order valence-electron chi connectivity index (χ1n) is 8.31. The molecule has 1 aliphatic heterocycles. The molecule has 3 heterocycles. The fourth-order valence-electron chi connectivity index (χ4n) is 3.17. The standard InChI is InChI=1S/C19H20N4O2/c1-19(2,3)15-8-7-12-16(20)22-18(24)23(17(12)21-15)13-5-4-6-14-11(13)9-10-25-14/h4-8H,9-10H2,1-3H3,(H2,20,22,24). The van der Waals surface area contributed by atoms with Crippen LogP contribution in [-0.4, -0.2) is 21.1 Å². The SMILES string of the molecule is CC(C)(C)c1ccc2c(N)nc(=O)n(-c3cccc4c3CCO4)c2n1. The Morgan fingerprint density at radius 3 is 2.72 bits per heavy atom. The van der Waals surface area contributed by atoms with Crippen LogP contribution >= 0.6 is 0 Å². The smallest absolute Gasteiger partial charge is 0.355 e. The third-order valence-corrected chi connectivity index (χ3v) is 4.50. The van der Waals surface area contributed by atoms with Gasteiger partial charge >= 0.3 is 5.69 Å². The zero-order valence-corrected chi connectivity index (χ0v) is 14.5. The summed E-state index contributed by atoms with van der Waals surface area (Å²) in [6, 6.07) is 9.52. The Balaban J connectivity index is 2.10. The van der Waals surface area contributed by atoms with Crippen LogP contribution in [0.2, 0.25) is 0 Å². The Morgan fingerprint density at radius 2 is 1.96 bits per heavy atom. The minimum absolute atomic E-state index is 0.144. The van der Waals surface area contributed by atoms with Crippen molar-refractivity contribution in [1.29, 1.82) is 0 Å². The molecule has 2 aromatic heterocycles. The molecule has 0 atom stereocenters. The predicted octanol–water partition coefficient (Wildman–Crippen LogP) is 2.60. The van der Waals surface area contributed by atoms with Gasteiger partial charge in [-0.2, -0.15) is 4.98 Å². The lowest BCUT2D eigenvalue weighted by Gasteiger charge is -2.20. The second-order valence-electron chi connectivity index (χ2n) is 7.28. The highest BCUT2D eigenvalue weighted by atomic mass is 16.5. The van der Waals surface area contributed by atoms with E-state index in [9.17, 15) is 4.79 Å². The van der Waals surface area contributed by atoms with E-state index in [4.69, 9.17) is 15.5 Å². The minimum Gasteiger partial charge on any atom is -0.493 e. The summed E-state index contributed by atoms with van der Waals surface area (Å²) in [5.41, 5.74) is 8.60. The lowest BCUT2D eigenvalue weighted by molar-refractivity contribution is 0.357. The van der Waals surface area contributed by atoms with Gasteiger partial charge < -0.3 is 10.5 Å². The number of anilines is 1. The number of nitrogen functional groups attached to an aromatic ring is 1. The number of hydrogen-bond donors (Lipinski definition) is 1. The van der Waals surface area contributed by atoms with Gasteiger partial charge in [0.2, 0.25) is 0 Å². The van der Waals surface area contributed by atoms with Gasteiger partial charge in [-0.05, 0) is 24.3 Å². The molecule has 0 radical (unpaired) electrons. The molecule has 6 heteroatoms. The van der Waals surface area contributed by atoms with Crippen molar-refractivity contribution in [1.82, 2.24) is 14.5 Å². The lowest BCUT2D eigenvalue weighted by atomic mass is 9.91. The van der Waals surface area contributed by atoms with Crippen molar-refractivity contribution in [2.75, 3.05) is 12.3 Å². The maximum atomic E-state index is 12.7. The van der Waals surface area contributed by atoms with E-state index in [1.807, 2.05) is 30.3 Å². The Hall–Kier alpha value is -2.89. The highest BCUT2D eigenvalue weighted by Gasteiger charge is 2.22. The van der Waals surface area contributed by atoms with Crippen LogP contribution in [0.3, 0.4) is 0 Å². The molecule has 4 rings (SSSR count). The average Bonchev–Trinajstić information content (AvgIpc) is 3.03. The maximum Gasteiger partial charge on any atom is 0.355 e. The summed E-state index contributed by atoms with van der Waals surface area (Å²) in [6.07, 6.45) is 0.753. The van der Waals surface area contributed by atoms with Gasteiger partial charge in [0.05, 0.1) is 17.7 Å². The van der Waals surface area contributed by atoms with E-state index in [-0.39, 0.29) is 11.2 Å². The van der Waals surface area contributed by atoms with Crippen LogP contribution in [0, 0.1) is 0 Å². The molecule has 3 aromatic rings. The van der Waals surface area contributed by atoms with Crippen LogP contribution in [0.25, 0.3) is 16.7 Å². The fourth-order valence-corrected chi connectivity index (χ4v) is 3.17. The first-order chi connectivity index (χ1) is 11.9. The maximum absolute atomic E-state index is 12.7. The molecule has 1 aliphatic rings. The average molecular weight is 336 g/mol. The number of rotatable bonds is 1. The molecule has 25 heavy (non-hydrogen) atoms. The van der Waals surface area contributed by atoms with Crippen LogP contribution in [0.5, 0.6) is 5.75 Å². The normalized spacial score (nSPS) is 13.7. The van der Waals surface area contributed by atoms with Gasteiger partial charge in [0.15, 0.2) is 5.65 Å². The Morgan fingerprint density at radius 1 is 1.16 bits per heavy atom. The third kappa shape index (κ3) is 2.45. The van der Waals surface area contributed by atoms with Crippen LogP contribution in [-0.2, 0) is 11.8 Å². The molecule has 6 nitrogen and oxygen atoms in total. The van der Waals surface area contributed by atoms with Crippen LogP contribution in [0.1, 0.15) is 32.0 Å². The first-order valence-corrected chi connectivity index (χ1v) is 8.31. The molecule has 0 fully saturated rings. The molecule has 0 saturated carbocycles. The zero-order chi connectivity index (χ0) is 17.8. The van der Waals surface area contributed by atoms with Crippen molar-refractivity contribution in [2.24, 2.45) is 0 Å². The Kier molecular flexibility index (Phi) is 3.32.